The lowest BCUT2D eigenvalue weighted by molar-refractivity contribution is 0.166. The first-order valence-corrected chi connectivity index (χ1v) is 4.91. The maximum atomic E-state index is 5.01. The third-order valence-corrected chi connectivity index (χ3v) is 2.32. The van der Waals surface area contributed by atoms with E-state index in [-0.39, 0.29) is 0 Å². The van der Waals surface area contributed by atoms with E-state index in [1.807, 2.05) is 0 Å². The Morgan fingerprint density at radius 3 is 2.58 bits per heavy atom. The minimum absolute atomic E-state index is 0.715. The molecule has 0 fully saturated rings. The van der Waals surface area contributed by atoms with Crippen molar-refractivity contribution in [3.8, 4) is 0 Å². The van der Waals surface area contributed by atoms with E-state index < -0.39 is 0 Å². The van der Waals surface area contributed by atoms with Gasteiger partial charge in [0.2, 0.25) is 0 Å². The number of rotatable bonds is 7. The molecule has 0 heterocycles. The smallest absolute Gasteiger partial charge is 0.0474 e. The summed E-state index contributed by atoms with van der Waals surface area (Å²) in [6.45, 7) is 6.55. The summed E-state index contributed by atoms with van der Waals surface area (Å²) in [6.07, 6.45) is 3.71. The first kappa shape index (κ1) is 11.9. The average Bonchev–Trinajstić information content (AvgIpc) is 2.05. The lowest BCUT2D eigenvalue weighted by atomic mass is 10.2. The maximum Gasteiger partial charge on any atom is 0.0474 e. The average molecular weight is 173 g/mol. The van der Waals surface area contributed by atoms with E-state index in [1.165, 1.54) is 12.8 Å². The minimum Gasteiger partial charge on any atom is -0.385 e. The predicted octanol–water partition coefficient (Wildman–Crippen LogP) is 2.14. The molecule has 0 spiro atoms. The minimum atomic E-state index is 0.715. The van der Waals surface area contributed by atoms with Gasteiger partial charge in [-0.3, -0.25) is 0 Å². The van der Waals surface area contributed by atoms with Crippen molar-refractivity contribution in [1.29, 1.82) is 0 Å². The molecule has 1 atom stereocenters. The molecule has 74 valence electrons. The highest BCUT2D eigenvalue weighted by Gasteiger charge is 2.06. The van der Waals surface area contributed by atoms with Crippen LogP contribution in [0.25, 0.3) is 0 Å². The van der Waals surface area contributed by atoms with Crippen LogP contribution in [0.2, 0.25) is 0 Å². The van der Waals surface area contributed by atoms with Crippen molar-refractivity contribution in [1.82, 2.24) is 4.90 Å². The van der Waals surface area contributed by atoms with Gasteiger partial charge in [0.1, 0.15) is 0 Å². The predicted molar refractivity (Wildman–Crippen MR) is 53.5 cm³/mol. The lowest BCUT2D eigenvalue weighted by Gasteiger charge is -2.23. The second-order valence-electron chi connectivity index (χ2n) is 3.46. The first-order valence-electron chi connectivity index (χ1n) is 4.91. The largest absolute Gasteiger partial charge is 0.385 e. The SMILES string of the molecule is CCCC(C)N(C)CCCOC. The molecule has 0 aromatic heterocycles. The van der Waals surface area contributed by atoms with E-state index in [0.29, 0.717) is 6.04 Å². The van der Waals surface area contributed by atoms with Crippen LogP contribution in [0.3, 0.4) is 0 Å². The molecule has 0 saturated carbocycles. The molecular weight excluding hydrogens is 150 g/mol. The van der Waals surface area contributed by atoms with Crippen molar-refractivity contribution in [2.75, 3.05) is 27.3 Å². The van der Waals surface area contributed by atoms with Crippen molar-refractivity contribution in [2.45, 2.75) is 39.2 Å². The molecule has 0 bridgehead atoms. The zero-order valence-electron chi connectivity index (χ0n) is 8.97. The number of hydrogen-bond acceptors (Lipinski definition) is 2. The van der Waals surface area contributed by atoms with Crippen LogP contribution in [0, 0.1) is 0 Å². The summed E-state index contributed by atoms with van der Waals surface area (Å²) >= 11 is 0. The Balaban J connectivity index is 3.35. The van der Waals surface area contributed by atoms with Crippen LogP contribution in [0.4, 0.5) is 0 Å². The van der Waals surface area contributed by atoms with E-state index in [4.69, 9.17) is 4.74 Å². The highest BCUT2D eigenvalue weighted by molar-refractivity contribution is 4.61. The van der Waals surface area contributed by atoms with Gasteiger partial charge in [-0.25, -0.2) is 0 Å². The Labute approximate surface area is 76.9 Å². The van der Waals surface area contributed by atoms with E-state index in [2.05, 4.69) is 25.8 Å². The third-order valence-electron chi connectivity index (χ3n) is 2.32. The number of nitrogens with zero attached hydrogens (tertiary/aromatic N) is 1. The quantitative estimate of drug-likeness (QED) is 0.547. The van der Waals surface area contributed by atoms with Crippen molar-refractivity contribution >= 4 is 0 Å². The molecule has 0 aliphatic carbocycles. The van der Waals surface area contributed by atoms with Gasteiger partial charge in [-0.2, -0.15) is 0 Å². The highest BCUT2D eigenvalue weighted by Crippen LogP contribution is 2.03. The maximum absolute atomic E-state index is 5.01. The van der Waals surface area contributed by atoms with E-state index in [9.17, 15) is 0 Å². The topological polar surface area (TPSA) is 12.5 Å². The molecule has 0 aromatic rings. The van der Waals surface area contributed by atoms with E-state index in [1.54, 1.807) is 7.11 Å². The normalized spacial score (nSPS) is 13.8. The molecule has 0 rings (SSSR count). The van der Waals surface area contributed by atoms with Crippen LogP contribution >= 0.6 is 0 Å². The van der Waals surface area contributed by atoms with Crippen molar-refractivity contribution in [2.24, 2.45) is 0 Å². The van der Waals surface area contributed by atoms with Crippen LogP contribution < -0.4 is 0 Å². The molecule has 0 saturated heterocycles. The van der Waals surface area contributed by atoms with Gasteiger partial charge in [-0.15, -0.1) is 0 Å². The lowest BCUT2D eigenvalue weighted by Crippen LogP contribution is -2.30. The summed E-state index contributed by atoms with van der Waals surface area (Å²) in [5, 5.41) is 0. The fraction of sp³-hybridized carbons (Fsp3) is 1.00. The number of methoxy groups -OCH3 is 1. The van der Waals surface area contributed by atoms with Crippen LogP contribution in [-0.2, 0) is 4.74 Å². The molecule has 2 nitrogen and oxygen atoms in total. The van der Waals surface area contributed by atoms with Gasteiger partial charge < -0.3 is 9.64 Å². The molecule has 0 aromatic carbocycles. The summed E-state index contributed by atoms with van der Waals surface area (Å²) in [7, 11) is 3.95. The van der Waals surface area contributed by atoms with Gasteiger partial charge in [-0.1, -0.05) is 13.3 Å². The number of hydrogen-bond donors (Lipinski definition) is 0. The van der Waals surface area contributed by atoms with Gasteiger partial charge in [-0.05, 0) is 26.8 Å². The Morgan fingerprint density at radius 1 is 1.42 bits per heavy atom. The van der Waals surface area contributed by atoms with Crippen LogP contribution in [0.15, 0.2) is 0 Å². The highest BCUT2D eigenvalue weighted by atomic mass is 16.5. The van der Waals surface area contributed by atoms with Crippen molar-refractivity contribution in [3.05, 3.63) is 0 Å². The molecule has 0 amide bonds. The van der Waals surface area contributed by atoms with Gasteiger partial charge in [0.05, 0.1) is 0 Å². The zero-order valence-corrected chi connectivity index (χ0v) is 8.97. The fourth-order valence-corrected chi connectivity index (χ4v) is 1.32. The van der Waals surface area contributed by atoms with E-state index >= 15 is 0 Å². The molecular formula is C10H23NO. The Kier molecular flexibility index (Phi) is 7.51. The van der Waals surface area contributed by atoms with Gasteiger partial charge in [0, 0.05) is 26.3 Å². The second kappa shape index (κ2) is 7.56. The molecule has 0 N–H and O–H groups in total. The number of ether oxygens (including phenoxy) is 1. The molecule has 1 unspecified atom stereocenters. The van der Waals surface area contributed by atoms with Crippen LogP contribution in [-0.4, -0.2) is 38.3 Å². The summed E-state index contributed by atoms with van der Waals surface area (Å²) in [5.41, 5.74) is 0. The summed E-state index contributed by atoms with van der Waals surface area (Å²) in [5.74, 6) is 0. The van der Waals surface area contributed by atoms with E-state index in [0.717, 1.165) is 19.6 Å². The summed E-state index contributed by atoms with van der Waals surface area (Å²) < 4.78 is 5.01. The van der Waals surface area contributed by atoms with Gasteiger partial charge in [0.25, 0.3) is 0 Å². The third kappa shape index (κ3) is 5.56. The Bertz CT molecular complexity index is 95.8. The Hall–Kier alpha value is -0.0800. The molecule has 12 heavy (non-hydrogen) atoms. The molecule has 0 aliphatic rings. The molecule has 2 heteroatoms. The second-order valence-corrected chi connectivity index (χ2v) is 3.46. The standard InChI is InChI=1S/C10H23NO/c1-5-7-10(2)11(3)8-6-9-12-4/h10H,5-9H2,1-4H3. The Morgan fingerprint density at radius 2 is 2.08 bits per heavy atom. The van der Waals surface area contributed by atoms with Crippen LogP contribution in [0.1, 0.15) is 33.1 Å². The first-order chi connectivity index (χ1) is 5.72. The van der Waals surface area contributed by atoms with Gasteiger partial charge >= 0.3 is 0 Å². The van der Waals surface area contributed by atoms with Crippen molar-refractivity contribution < 1.29 is 4.74 Å². The molecule has 0 aliphatic heterocycles. The molecule has 0 radical (unpaired) electrons. The van der Waals surface area contributed by atoms with Crippen molar-refractivity contribution in [3.63, 3.8) is 0 Å². The summed E-state index contributed by atoms with van der Waals surface area (Å²) in [6, 6.07) is 0.715. The van der Waals surface area contributed by atoms with Crippen LogP contribution in [0.5, 0.6) is 0 Å². The monoisotopic (exact) mass is 173 g/mol. The zero-order chi connectivity index (χ0) is 9.40. The fourth-order valence-electron chi connectivity index (χ4n) is 1.32. The van der Waals surface area contributed by atoms with Gasteiger partial charge in [0.15, 0.2) is 0 Å². The summed E-state index contributed by atoms with van der Waals surface area (Å²) in [4.78, 5) is 2.41.